The Kier molecular flexibility index (Phi) is 5.50. The van der Waals surface area contributed by atoms with Crippen molar-refractivity contribution in [1.29, 1.82) is 0 Å². The third-order valence-electron chi connectivity index (χ3n) is 3.57. The number of halogens is 1. The maximum absolute atomic E-state index is 12.6. The number of amides is 1. The zero-order valence-corrected chi connectivity index (χ0v) is 16.3. The monoisotopic (exact) mass is 416 g/mol. The van der Waals surface area contributed by atoms with Crippen molar-refractivity contribution in [3.63, 3.8) is 0 Å². The molecule has 3 rings (SSSR count). The average Bonchev–Trinajstić information content (AvgIpc) is 2.96. The molecule has 0 spiro atoms. The molecule has 3 aromatic rings. The van der Waals surface area contributed by atoms with E-state index in [9.17, 15) is 4.79 Å². The Morgan fingerprint density at radius 2 is 1.92 bits per heavy atom. The molecule has 0 aliphatic carbocycles. The molecule has 1 heterocycles. The van der Waals surface area contributed by atoms with Gasteiger partial charge < -0.3 is 4.74 Å². The summed E-state index contributed by atoms with van der Waals surface area (Å²) in [4.78, 5) is 18.2. The number of ether oxygens (including phenoxy) is 1. The molecule has 0 aliphatic rings. The Morgan fingerprint density at radius 3 is 2.64 bits per heavy atom. The summed E-state index contributed by atoms with van der Waals surface area (Å²) in [5, 5.41) is 3.45. The number of anilines is 1. The van der Waals surface area contributed by atoms with Crippen LogP contribution in [-0.4, -0.2) is 17.5 Å². The van der Waals surface area contributed by atoms with E-state index in [0.29, 0.717) is 23.1 Å². The van der Waals surface area contributed by atoms with Crippen LogP contribution in [-0.2, 0) is 0 Å². The van der Waals surface area contributed by atoms with E-state index in [1.165, 1.54) is 11.3 Å². The normalized spacial score (nSPS) is 10.5. The summed E-state index contributed by atoms with van der Waals surface area (Å²) in [6.07, 6.45) is 0. The number of hydrogen-bond acceptors (Lipinski definition) is 4. The smallest absolute Gasteiger partial charge is 0.261 e. The minimum atomic E-state index is -0.222. The summed E-state index contributed by atoms with van der Waals surface area (Å²) in [5.74, 6) is 0.351. The van der Waals surface area contributed by atoms with Crippen LogP contribution in [0.15, 0.2) is 53.0 Å². The minimum Gasteiger partial charge on any atom is -0.493 e. The van der Waals surface area contributed by atoms with Gasteiger partial charge in [-0.1, -0.05) is 40.2 Å². The Morgan fingerprint density at radius 1 is 1.20 bits per heavy atom. The quantitative estimate of drug-likeness (QED) is 0.594. The van der Waals surface area contributed by atoms with Gasteiger partial charge in [-0.05, 0) is 38.1 Å². The van der Waals surface area contributed by atoms with Crippen molar-refractivity contribution in [2.45, 2.75) is 13.8 Å². The van der Waals surface area contributed by atoms with Gasteiger partial charge in [0, 0.05) is 14.9 Å². The zero-order chi connectivity index (χ0) is 17.8. The minimum absolute atomic E-state index is 0.222. The molecule has 0 saturated carbocycles. The molecule has 6 heteroatoms. The second-order valence-electron chi connectivity index (χ2n) is 5.31. The summed E-state index contributed by atoms with van der Waals surface area (Å²) < 4.78 is 6.54. The SMILES string of the molecule is CCOc1ccccc1C(=O)Nc1nc(-c2ccc(Br)cc2)c(C)s1. The van der Waals surface area contributed by atoms with Gasteiger partial charge in [-0.2, -0.15) is 0 Å². The maximum atomic E-state index is 12.6. The average molecular weight is 417 g/mol. The van der Waals surface area contributed by atoms with Crippen LogP contribution in [0.1, 0.15) is 22.2 Å². The molecular formula is C19H17BrN2O2S. The van der Waals surface area contributed by atoms with Crippen LogP contribution in [0.5, 0.6) is 5.75 Å². The van der Waals surface area contributed by atoms with Gasteiger partial charge in [0.2, 0.25) is 0 Å². The highest BCUT2D eigenvalue weighted by Gasteiger charge is 2.16. The lowest BCUT2D eigenvalue weighted by molar-refractivity contribution is 0.102. The number of nitrogens with zero attached hydrogens (tertiary/aromatic N) is 1. The van der Waals surface area contributed by atoms with Crippen LogP contribution in [0.2, 0.25) is 0 Å². The summed E-state index contributed by atoms with van der Waals surface area (Å²) in [5.41, 5.74) is 2.40. The molecular weight excluding hydrogens is 400 g/mol. The Bertz CT molecular complexity index is 891. The Balaban J connectivity index is 1.83. The van der Waals surface area contributed by atoms with E-state index < -0.39 is 0 Å². The highest BCUT2D eigenvalue weighted by molar-refractivity contribution is 9.10. The molecule has 1 N–H and O–H groups in total. The van der Waals surface area contributed by atoms with E-state index in [2.05, 4.69) is 26.2 Å². The van der Waals surface area contributed by atoms with Crippen LogP contribution in [0, 0.1) is 6.92 Å². The molecule has 1 amide bonds. The van der Waals surface area contributed by atoms with Crippen molar-refractivity contribution in [2.24, 2.45) is 0 Å². The van der Waals surface area contributed by atoms with Crippen molar-refractivity contribution in [3.05, 3.63) is 63.4 Å². The number of benzene rings is 2. The van der Waals surface area contributed by atoms with Gasteiger partial charge in [-0.3, -0.25) is 10.1 Å². The molecule has 0 radical (unpaired) electrons. The summed E-state index contributed by atoms with van der Waals surface area (Å²) >= 11 is 4.89. The number of para-hydroxylation sites is 1. The number of rotatable bonds is 5. The first kappa shape index (κ1) is 17.6. The lowest BCUT2D eigenvalue weighted by atomic mass is 10.1. The van der Waals surface area contributed by atoms with Crippen molar-refractivity contribution in [1.82, 2.24) is 4.98 Å². The third-order valence-corrected chi connectivity index (χ3v) is 4.98. The first-order valence-electron chi connectivity index (χ1n) is 7.85. The summed E-state index contributed by atoms with van der Waals surface area (Å²) in [6, 6.07) is 15.2. The number of thiazole rings is 1. The van der Waals surface area contributed by atoms with Crippen molar-refractivity contribution < 1.29 is 9.53 Å². The van der Waals surface area contributed by atoms with E-state index >= 15 is 0 Å². The lowest BCUT2D eigenvalue weighted by Crippen LogP contribution is -2.13. The van der Waals surface area contributed by atoms with Gasteiger partial charge >= 0.3 is 0 Å². The van der Waals surface area contributed by atoms with Crippen LogP contribution in [0.25, 0.3) is 11.3 Å². The molecule has 0 bridgehead atoms. The first-order valence-corrected chi connectivity index (χ1v) is 9.46. The second-order valence-corrected chi connectivity index (χ2v) is 7.43. The standard InChI is InChI=1S/C19H17BrN2O2S/c1-3-24-16-7-5-4-6-15(16)18(23)22-19-21-17(12(2)25-19)13-8-10-14(20)11-9-13/h4-11H,3H2,1-2H3,(H,21,22,23). The first-order chi connectivity index (χ1) is 12.1. The largest absolute Gasteiger partial charge is 0.493 e. The molecule has 0 atom stereocenters. The molecule has 4 nitrogen and oxygen atoms in total. The van der Waals surface area contributed by atoms with Gasteiger partial charge in [0.15, 0.2) is 5.13 Å². The summed E-state index contributed by atoms with van der Waals surface area (Å²) in [7, 11) is 0. The third kappa shape index (κ3) is 4.08. The zero-order valence-electron chi connectivity index (χ0n) is 13.9. The van der Waals surface area contributed by atoms with Gasteiger partial charge in [0.25, 0.3) is 5.91 Å². The fraction of sp³-hybridized carbons (Fsp3) is 0.158. The molecule has 0 aliphatic heterocycles. The summed E-state index contributed by atoms with van der Waals surface area (Å²) in [6.45, 7) is 4.40. The number of aryl methyl sites for hydroxylation is 1. The molecule has 25 heavy (non-hydrogen) atoms. The van der Waals surface area contributed by atoms with E-state index in [1.807, 2.05) is 50.2 Å². The van der Waals surface area contributed by atoms with E-state index in [1.54, 1.807) is 12.1 Å². The predicted molar refractivity (Wildman–Crippen MR) is 106 cm³/mol. The number of aromatic nitrogens is 1. The number of carbonyl (C=O) groups is 1. The van der Waals surface area contributed by atoms with Crippen molar-refractivity contribution in [3.8, 4) is 17.0 Å². The number of carbonyl (C=O) groups excluding carboxylic acids is 1. The van der Waals surface area contributed by atoms with Crippen LogP contribution in [0.3, 0.4) is 0 Å². The maximum Gasteiger partial charge on any atom is 0.261 e. The van der Waals surface area contributed by atoms with Gasteiger partial charge in [-0.15, -0.1) is 11.3 Å². The van der Waals surface area contributed by atoms with Crippen molar-refractivity contribution in [2.75, 3.05) is 11.9 Å². The molecule has 2 aromatic carbocycles. The van der Waals surface area contributed by atoms with Gasteiger partial charge in [0.1, 0.15) is 5.75 Å². The lowest BCUT2D eigenvalue weighted by Gasteiger charge is -2.08. The van der Waals surface area contributed by atoms with E-state index in [0.717, 1.165) is 20.6 Å². The highest BCUT2D eigenvalue weighted by atomic mass is 79.9. The van der Waals surface area contributed by atoms with E-state index in [4.69, 9.17) is 4.74 Å². The number of hydrogen-bond donors (Lipinski definition) is 1. The Hall–Kier alpha value is -2.18. The molecule has 0 fully saturated rings. The fourth-order valence-corrected chi connectivity index (χ4v) is 3.52. The predicted octanol–water partition coefficient (Wildman–Crippen LogP) is 5.53. The van der Waals surface area contributed by atoms with Crippen LogP contribution >= 0.6 is 27.3 Å². The van der Waals surface area contributed by atoms with Crippen LogP contribution in [0.4, 0.5) is 5.13 Å². The van der Waals surface area contributed by atoms with E-state index in [-0.39, 0.29) is 5.91 Å². The molecule has 128 valence electrons. The molecule has 0 unspecified atom stereocenters. The van der Waals surface area contributed by atoms with Gasteiger partial charge in [0.05, 0.1) is 17.9 Å². The Labute approximate surface area is 159 Å². The van der Waals surface area contributed by atoms with Crippen molar-refractivity contribution >= 4 is 38.3 Å². The second kappa shape index (κ2) is 7.80. The molecule has 1 aromatic heterocycles. The fourth-order valence-electron chi connectivity index (χ4n) is 2.43. The topological polar surface area (TPSA) is 51.2 Å². The van der Waals surface area contributed by atoms with Gasteiger partial charge in [-0.25, -0.2) is 4.98 Å². The molecule has 0 saturated heterocycles. The highest BCUT2D eigenvalue weighted by Crippen LogP contribution is 2.31. The number of nitrogens with one attached hydrogen (secondary N) is 1. The van der Waals surface area contributed by atoms with Crippen LogP contribution < -0.4 is 10.1 Å².